The minimum Gasteiger partial charge on any atom is -0.490 e. The summed E-state index contributed by atoms with van der Waals surface area (Å²) >= 11 is 0. The van der Waals surface area contributed by atoms with E-state index in [1.807, 2.05) is 0 Å². The Bertz CT molecular complexity index is 6070. The molecule has 4 heterocycles. The van der Waals surface area contributed by atoms with E-state index in [0.717, 1.165) is 145 Å². The molecule has 0 amide bonds. The smallest absolute Gasteiger partial charge is 0.135 e. The van der Waals surface area contributed by atoms with Gasteiger partial charge in [-0.05, 0) is 177 Å². The molecule has 0 saturated heterocycles. The maximum absolute atomic E-state index is 11.1. The normalized spacial score (nSPS) is 12.5. The summed E-state index contributed by atoms with van der Waals surface area (Å²) in [5, 5.41) is 31.6. The topological polar surface area (TPSA) is 78.6 Å². The van der Waals surface area contributed by atoms with Gasteiger partial charge in [-0.1, -0.05) is 243 Å². The van der Waals surface area contributed by atoms with Gasteiger partial charge in [-0.3, -0.25) is 0 Å². The zero-order valence-electron chi connectivity index (χ0n) is 59.5. The minimum atomic E-state index is -1.10. The molecule has 0 aliphatic heterocycles. The zero-order valence-corrected chi connectivity index (χ0v) is 59.5. The number of aromatic nitrogens is 4. The van der Waals surface area contributed by atoms with Gasteiger partial charge >= 0.3 is 0 Å². The molecule has 0 bridgehead atoms. The van der Waals surface area contributed by atoms with Crippen molar-refractivity contribution in [3.8, 4) is 89.9 Å². The second-order valence-corrected chi connectivity index (χ2v) is 28.5. The molecule has 0 atom stereocenters. The maximum atomic E-state index is 11.1. The van der Waals surface area contributed by atoms with Crippen molar-refractivity contribution in [3.05, 3.63) is 386 Å². The summed E-state index contributed by atoms with van der Waals surface area (Å²) in [5.74, 6) is 1.29. The quantitative estimate of drug-likeness (QED) is 0.101. The summed E-state index contributed by atoms with van der Waals surface area (Å²) in [5.41, 5.74) is 25.3. The molecule has 0 fully saturated rings. The van der Waals surface area contributed by atoms with Crippen molar-refractivity contribution >= 4 is 87.2 Å². The molecule has 21 rings (SSSR count). The van der Waals surface area contributed by atoms with Gasteiger partial charge in [0.15, 0.2) is 0 Å². The van der Waals surface area contributed by atoms with Crippen molar-refractivity contribution < 1.29 is 19.7 Å². The molecule has 0 saturated carbocycles. The molecule has 8 nitrogen and oxygen atoms in total. The van der Waals surface area contributed by atoms with Crippen molar-refractivity contribution in [2.75, 3.05) is 26.4 Å². The van der Waals surface area contributed by atoms with Crippen molar-refractivity contribution in [1.29, 1.82) is 0 Å². The Balaban J connectivity index is 0.890. The summed E-state index contributed by atoms with van der Waals surface area (Å²) in [6.07, 6.45) is 0. The molecule has 0 unspecified atom stereocenters. The number of nitrogens with zero attached hydrogens (tertiary/aromatic N) is 4. The maximum Gasteiger partial charge on any atom is 0.135 e. The van der Waals surface area contributed by atoms with Crippen molar-refractivity contribution in [3.63, 3.8) is 0 Å². The molecule has 8 heteroatoms. The number of para-hydroxylation sites is 8. The first-order valence-electron chi connectivity index (χ1n) is 37.4. The Kier molecular flexibility index (Phi) is 15.1. The van der Waals surface area contributed by atoms with Gasteiger partial charge in [0.25, 0.3) is 0 Å². The van der Waals surface area contributed by atoms with Gasteiger partial charge in [-0.15, -0.1) is 0 Å². The molecule has 4 aromatic heterocycles. The van der Waals surface area contributed by atoms with Gasteiger partial charge in [-0.25, -0.2) is 0 Å². The fourth-order valence-electron chi connectivity index (χ4n) is 18.2. The van der Waals surface area contributed by atoms with Crippen LogP contribution in [0.3, 0.4) is 0 Å². The van der Waals surface area contributed by atoms with Crippen LogP contribution in [0.15, 0.2) is 364 Å². The summed E-state index contributed by atoms with van der Waals surface area (Å²) in [6.45, 7) is -0.335. The number of aliphatic hydroxyl groups excluding tert-OH is 2. The van der Waals surface area contributed by atoms with Crippen LogP contribution in [0, 0.1) is 0 Å². The van der Waals surface area contributed by atoms with Gasteiger partial charge in [0.2, 0.25) is 0 Å². The monoisotopic (exact) mass is 1400 g/mol. The number of hydrogen-bond donors (Lipinski definition) is 2. The molecule has 518 valence electrons. The number of fused-ring (bicyclic) bond motifs is 15. The Morgan fingerprint density at radius 2 is 0.440 bits per heavy atom. The summed E-state index contributed by atoms with van der Waals surface area (Å²) < 4.78 is 24.0. The van der Waals surface area contributed by atoms with Gasteiger partial charge in [-0.2, -0.15) is 0 Å². The van der Waals surface area contributed by atoms with E-state index < -0.39 is 5.41 Å². The van der Waals surface area contributed by atoms with Crippen molar-refractivity contribution in [1.82, 2.24) is 18.3 Å². The first-order chi connectivity index (χ1) is 54.0. The second kappa shape index (κ2) is 25.8. The van der Waals surface area contributed by atoms with E-state index in [9.17, 15) is 10.2 Å². The highest BCUT2D eigenvalue weighted by atomic mass is 16.5. The lowest BCUT2D eigenvalue weighted by Crippen LogP contribution is -2.29. The average molecular weight is 1400 g/mol. The summed E-state index contributed by atoms with van der Waals surface area (Å²) in [7, 11) is 0. The van der Waals surface area contributed by atoms with E-state index in [2.05, 4.69) is 382 Å². The van der Waals surface area contributed by atoms with Crippen LogP contribution in [0.25, 0.3) is 166 Å². The van der Waals surface area contributed by atoms with Crippen molar-refractivity contribution in [2.45, 2.75) is 5.41 Å². The Hall–Kier alpha value is -13.8. The number of benzene rings is 16. The van der Waals surface area contributed by atoms with Crippen LogP contribution in [0.4, 0.5) is 0 Å². The third kappa shape index (κ3) is 9.92. The van der Waals surface area contributed by atoms with Crippen LogP contribution in [-0.4, -0.2) is 54.9 Å². The average Bonchev–Trinajstić information content (AvgIpc) is 1.53. The SMILES string of the molecule is OCCOc1c(-c2cccc(-n3c4ccccc4c4ccccc43)c2)cc(C2(c3cc(-c4cccc(-n5c6ccccc6c6ccccc65)c4)c(OCCO)c(-c4cccc(-n5c6ccccc6c6ccccc65)c4)c3)c3ccccc3-c3ccccc32)cc1-c1cccc(-n2c3ccccc3c3ccccc32)c1. The third-order valence-electron chi connectivity index (χ3n) is 22.7. The van der Waals surface area contributed by atoms with Crippen LogP contribution < -0.4 is 9.47 Å². The molecule has 0 spiro atoms. The van der Waals surface area contributed by atoms with Crippen molar-refractivity contribution in [2.24, 2.45) is 0 Å². The third-order valence-corrected chi connectivity index (χ3v) is 22.7. The largest absolute Gasteiger partial charge is 0.490 e. The minimum absolute atomic E-state index is 0.0403. The van der Waals surface area contributed by atoms with E-state index in [4.69, 9.17) is 9.47 Å². The fraction of sp³-hybridized carbons (Fsp3) is 0.0495. The Labute approximate surface area is 629 Å². The van der Waals surface area contributed by atoms with E-state index in [-0.39, 0.29) is 26.4 Å². The van der Waals surface area contributed by atoms with Gasteiger partial charge in [0, 0.05) is 88.1 Å². The van der Waals surface area contributed by atoms with Gasteiger partial charge in [0.1, 0.15) is 24.7 Å². The molecule has 0 radical (unpaired) electrons. The van der Waals surface area contributed by atoms with Crippen LogP contribution in [0.5, 0.6) is 11.5 Å². The number of ether oxygens (including phenoxy) is 2. The Morgan fingerprint density at radius 1 is 0.220 bits per heavy atom. The number of hydrogen-bond acceptors (Lipinski definition) is 4. The highest BCUT2D eigenvalue weighted by Gasteiger charge is 2.48. The van der Waals surface area contributed by atoms with Gasteiger partial charge in [0.05, 0.1) is 62.8 Å². The second-order valence-electron chi connectivity index (χ2n) is 28.5. The zero-order chi connectivity index (χ0) is 72.3. The standard InChI is InChI=1S/C101H70N4O4/c106-53-55-108-99-85(65-25-21-29-71(57-65)102-91-45-13-3-35-77(91)78-36-4-14-46-92(78)102)61-69(62-86(99)66-26-22-30-72(58-66)103-93-47-15-5-37-79(93)80-38-6-16-48-94(80)103)101(89-43-11-1-33-75(89)76-34-2-12-44-90(76)101)70-63-87(67-27-23-31-73(59-67)104-95-49-17-7-39-81(95)82-40-8-18-50-96(82)104)100(109-56-54-107)88(64-70)68-28-24-32-74(60-68)105-97-51-19-9-41-83(97)84-42-10-20-52-98(84)105/h1-52,57-64,106-107H,53-56H2. The van der Waals surface area contributed by atoms with E-state index in [0.29, 0.717) is 11.5 Å². The van der Waals surface area contributed by atoms with E-state index >= 15 is 0 Å². The lowest BCUT2D eigenvalue weighted by molar-refractivity contribution is 0.202. The van der Waals surface area contributed by atoms with Gasteiger partial charge < -0.3 is 38.0 Å². The molecule has 1 aliphatic rings. The first kappa shape index (κ1) is 63.7. The molecule has 2 N–H and O–H groups in total. The lowest BCUT2D eigenvalue weighted by Gasteiger charge is -2.36. The van der Waals surface area contributed by atoms with E-state index in [1.54, 1.807) is 0 Å². The number of aliphatic hydroxyl groups is 2. The molecular formula is C101H70N4O4. The lowest BCUT2D eigenvalue weighted by atomic mass is 9.66. The highest BCUT2D eigenvalue weighted by molar-refractivity contribution is 6.13. The van der Waals surface area contributed by atoms with Crippen LogP contribution in [0.2, 0.25) is 0 Å². The fourth-order valence-corrected chi connectivity index (χ4v) is 18.2. The molecule has 109 heavy (non-hydrogen) atoms. The van der Waals surface area contributed by atoms with E-state index in [1.165, 1.54) is 43.1 Å². The summed E-state index contributed by atoms with van der Waals surface area (Å²) in [6, 6.07) is 132. The summed E-state index contributed by atoms with van der Waals surface area (Å²) in [4.78, 5) is 0. The molecule has 20 aromatic rings. The highest BCUT2D eigenvalue weighted by Crippen LogP contribution is 2.60. The molecular weight excluding hydrogens is 1330 g/mol. The predicted octanol–water partition coefficient (Wildman–Crippen LogP) is 23.8. The van der Waals surface area contributed by atoms with Crippen LogP contribution in [0.1, 0.15) is 22.3 Å². The van der Waals surface area contributed by atoms with Crippen LogP contribution >= 0.6 is 0 Å². The molecule has 16 aromatic carbocycles. The Morgan fingerprint density at radius 3 is 0.679 bits per heavy atom. The number of rotatable bonds is 16. The van der Waals surface area contributed by atoms with Crippen LogP contribution in [-0.2, 0) is 5.41 Å². The predicted molar refractivity (Wildman–Crippen MR) is 448 cm³/mol. The molecule has 1 aliphatic carbocycles. The first-order valence-corrected chi connectivity index (χ1v) is 37.4.